The van der Waals surface area contributed by atoms with Crippen molar-refractivity contribution in [3.8, 4) is 0 Å². The summed E-state index contributed by atoms with van der Waals surface area (Å²) in [5.74, 6) is 3.31. The molecule has 0 heterocycles. The quantitative estimate of drug-likeness (QED) is 0.301. The monoisotopic (exact) mass is 401 g/mol. The Balaban J connectivity index is 1.50. The van der Waals surface area contributed by atoms with Crippen molar-refractivity contribution < 1.29 is 4.79 Å². The second-order valence-electron chi connectivity index (χ2n) is 9.56. The van der Waals surface area contributed by atoms with Crippen molar-refractivity contribution in [2.24, 2.45) is 35.5 Å². The third-order valence-corrected chi connectivity index (χ3v) is 7.93. The van der Waals surface area contributed by atoms with E-state index in [1.807, 2.05) is 12.2 Å². The molecule has 0 aromatic heterocycles. The highest BCUT2D eigenvalue weighted by Gasteiger charge is 2.31. The maximum atomic E-state index is 13.1. The van der Waals surface area contributed by atoms with Crippen molar-refractivity contribution in [1.29, 1.82) is 0 Å². The summed E-state index contributed by atoms with van der Waals surface area (Å²) in [6.45, 7) is 8.77. The molecule has 0 saturated heterocycles. The molecule has 28 heavy (non-hydrogen) atoms. The highest BCUT2D eigenvalue weighted by atomic mass is 35.5. The van der Waals surface area contributed by atoms with Gasteiger partial charge in [0.2, 0.25) is 0 Å². The highest BCUT2D eigenvalue weighted by molar-refractivity contribution is 6.29. The third-order valence-electron chi connectivity index (χ3n) is 7.65. The second-order valence-corrected chi connectivity index (χ2v) is 10.0. The molecule has 0 aromatic rings. The Morgan fingerprint density at radius 1 is 1.32 bits per heavy atom. The lowest BCUT2D eigenvalue weighted by Crippen LogP contribution is -2.25. The standard InChI is InChI=1S/C26H38ClO/c1-4-20(17-24-9-6-10-25(27)15-18(24)2)26(28)16-19(3)21-11-13-23(14-12-21)22-7-5-8-22/h6,9-10,13,18-22,24H,2,4-5,7-8,11-12,14-17H2,1,3H3/q+1. The predicted octanol–water partition coefficient (Wildman–Crippen LogP) is 7.67. The lowest BCUT2D eigenvalue weighted by atomic mass is 9.71. The number of hydrogen-bond acceptors (Lipinski definition) is 1. The SMILES string of the molecule is [CH2+]C1CC(Cl)=CC=CC1CC(CC)C(=O)CC(C)C1CC=C(C2CCC2)CC1. The maximum absolute atomic E-state index is 13.1. The van der Waals surface area contributed by atoms with Crippen LogP contribution in [-0.2, 0) is 4.79 Å². The van der Waals surface area contributed by atoms with E-state index in [-0.39, 0.29) is 11.8 Å². The summed E-state index contributed by atoms with van der Waals surface area (Å²) in [5, 5.41) is 0.873. The van der Waals surface area contributed by atoms with E-state index in [2.05, 4.69) is 32.9 Å². The molecule has 3 aliphatic carbocycles. The molecule has 0 radical (unpaired) electrons. The van der Waals surface area contributed by atoms with Crippen LogP contribution in [0.3, 0.4) is 0 Å². The smallest absolute Gasteiger partial charge is 0.136 e. The van der Waals surface area contributed by atoms with E-state index in [0.29, 0.717) is 23.5 Å². The largest absolute Gasteiger partial charge is 0.299 e. The Bertz CT molecular complexity index is 624. The fourth-order valence-electron chi connectivity index (χ4n) is 5.25. The number of rotatable bonds is 8. The minimum Gasteiger partial charge on any atom is -0.299 e. The first-order chi connectivity index (χ1) is 13.5. The van der Waals surface area contributed by atoms with E-state index < -0.39 is 0 Å². The molecule has 3 aliphatic rings. The van der Waals surface area contributed by atoms with Crippen LogP contribution in [0, 0.1) is 42.4 Å². The molecule has 1 fully saturated rings. The van der Waals surface area contributed by atoms with Gasteiger partial charge in [-0.25, -0.2) is 0 Å². The van der Waals surface area contributed by atoms with Crippen LogP contribution in [0.1, 0.15) is 78.1 Å². The molecule has 154 valence electrons. The lowest BCUT2D eigenvalue weighted by molar-refractivity contribution is -0.124. The molecule has 1 nitrogen and oxygen atoms in total. The fourth-order valence-corrected chi connectivity index (χ4v) is 5.52. The predicted molar refractivity (Wildman–Crippen MR) is 120 cm³/mol. The number of Topliss-reactive ketones (excluding diaryl/α,β-unsaturated/α-hetero) is 1. The molecular weight excluding hydrogens is 364 g/mol. The summed E-state index contributed by atoms with van der Waals surface area (Å²) in [6, 6.07) is 0. The van der Waals surface area contributed by atoms with E-state index in [1.54, 1.807) is 5.57 Å². The Morgan fingerprint density at radius 2 is 2.11 bits per heavy atom. The number of carbonyl (C=O) groups excluding carboxylic acids is 1. The molecule has 1 saturated carbocycles. The average Bonchev–Trinajstić information content (AvgIpc) is 2.78. The van der Waals surface area contributed by atoms with Crippen LogP contribution in [0.2, 0.25) is 0 Å². The Morgan fingerprint density at radius 3 is 2.71 bits per heavy atom. The van der Waals surface area contributed by atoms with Crippen molar-refractivity contribution in [1.82, 2.24) is 0 Å². The Labute approximate surface area is 177 Å². The number of halogens is 1. The first-order valence-electron chi connectivity index (χ1n) is 11.6. The number of carbonyl (C=O) groups is 1. The summed E-state index contributed by atoms with van der Waals surface area (Å²) in [6.07, 6.45) is 20.1. The van der Waals surface area contributed by atoms with Crippen molar-refractivity contribution in [2.75, 3.05) is 0 Å². The molecular formula is C26H38ClO+. The van der Waals surface area contributed by atoms with Crippen LogP contribution >= 0.6 is 11.6 Å². The van der Waals surface area contributed by atoms with Crippen LogP contribution in [0.4, 0.5) is 0 Å². The number of hydrogen-bond donors (Lipinski definition) is 0. The van der Waals surface area contributed by atoms with Crippen molar-refractivity contribution in [3.05, 3.63) is 41.8 Å². The molecule has 0 N–H and O–H groups in total. The zero-order valence-corrected chi connectivity index (χ0v) is 18.6. The molecule has 0 spiro atoms. The fraction of sp³-hybridized carbons (Fsp3) is 0.692. The summed E-state index contributed by atoms with van der Waals surface area (Å²) < 4.78 is 0. The van der Waals surface area contributed by atoms with Crippen molar-refractivity contribution >= 4 is 17.4 Å². The van der Waals surface area contributed by atoms with Gasteiger partial charge in [-0.15, -0.1) is 0 Å². The molecule has 2 heteroatoms. The van der Waals surface area contributed by atoms with Gasteiger partial charge in [0.05, 0.1) is 6.92 Å². The van der Waals surface area contributed by atoms with E-state index in [9.17, 15) is 4.79 Å². The van der Waals surface area contributed by atoms with Gasteiger partial charge in [-0.2, -0.15) is 0 Å². The van der Waals surface area contributed by atoms with E-state index >= 15 is 0 Å². The van der Waals surface area contributed by atoms with Gasteiger partial charge in [-0.05, 0) is 68.8 Å². The van der Waals surface area contributed by atoms with Crippen LogP contribution in [0.15, 0.2) is 34.9 Å². The maximum Gasteiger partial charge on any atom is 0.136 e. The van der Waals surface area contributed by atoms with Gasteiger partial charge in [-0.1, -0.05) is 55.7 Å². The minimum atomic E-state index is 0.155. The molecule has 5 unspecified atom stereocenters. The van der Waals surface area contributed by atoms with Gasteiger partial charge < -0.3 is 0 Å². The molecule has 0 aromatic carbocycles. The van der Waals surface area contributed by atoms with Crippen LogP contribution in [0.5, 0.6) is 0 Å². The van der Waals surface area contributed by atoms with E-state index in [0.717, 1.165) is 36.6 Å². The summed E-state index contributed by atoms with van der Waals surface area (Å²) in [7, 11) is 0. The zero-order valence-electron chi connectivity index (χ0n) is 17.8. The number of allylic oxidation sites excluding steroid dienone is 6. The minimum absolute atomic E-state index is 0.155. The molecule has 0 aliphatic heterocycles. The molecule has 0 amide bonds. The first-order valence-corrected chi connectivity index (χ1v) is 11.9. The van der Waals surface area contributed by atoms with Gasteiger partial charge >= 0.3 is 0 Å². The van der Waals surface area contributed by atoms with Crippen LogP contribution < -0.4 is 0 Å². The van der Waals surface area contributed by atoms with Crippen molar-refractivity contribution in [3.63, 3.8) is 0 Å². The van der Waals surface area contributed by atoms with Crippen molar-refractivity contribution in [2.45, 2.75) is 78.1 Å². The van der Waals surface area contributed by atoms with Gasteiger partial charge in [0, 0.05) is 29.7 Å². The molecule has 3 rings (SSSR count). The van der Waals surface area contributed by atoms with Gasteiger partial charge in [-0.3, -0.25) is 4.79 Å². The lowest BCUT2D eigenvalue weighted by Gasteiger charge is -2.34. The van der Waals surface area contributed by atoms with E-state index in [1.165, 1.54) is 38.5 Å². The topological polar surface area (TPSA) is 17.1 Å². The summed E-state index contributed by atoms with van der Waals surface area (Å²) >= 11 is 6.21. The van der Waals surface area contributed by atoms with Crippen LogP contribution in [0.25, 0.3) is 0 Å². The van der Waals surface area contributed by atoms with Gasteiger partial charge in [0.1, 0.15) is 11.7 Å². The second kappa shape index (κ2) is 10.2. The van der Waals surface area contributed by atoms with E-state index in [4.69, 9.17) is 11.6 Å². The van der Waals surface area contributed by atoms with Gasteiger partial charge in [0.15, 0.2) is 0 Å². The average molecular weight is 402 g/mol. The normalized spacial score (nSPS) is 30.6. The third kappa shape index (κ3) is 5.56. The Hall–Kier alpha value is -0.950. The molecule has 5 atom stereocenters. The zero-order chi connectivity index (χ0) is 20.1. The highest BCUT2D eigenvalue weighted by Crippen LogP contribution is 2.41. The summed E-state index contributed by atoms with van der Waals surface area (Å²) in [5.41, 5.74) is 1.72. The molecule has 0 bridgehead atoms. The summed E-state index contributed by atoms with van der Waals surface area (Å²) in [4.78, 5) is 13.1. The first kappa shape index (κ1) is 21.8. The Kier molecular flexibility index (Phi) is 7.92. The number of ketones is 1. The van der Waals surface area contributed by atoms with Crippen LogP contribution in [-0.4, -0.2) is 5.78 Å². The van der Waals surface area contributed by atoms with Gasteiger partial charge in [0.25, 0.3) is 0 Å².